The van der Waals surface area contributed by atoms with Crippen molar-refractivity contribution < 1.29 is 13.3 Å². The molecule has 17 heavy (non-hydrogen) atoms. The molecule has 0 unspecified atom stereocenters. The summed E-state index contributed by atoms with van der Waals surface area (Å²) in [5.74, 6) is -0.936. The highest BCUT2D eigenvalue weighted by Gasteiger charge is 2.46. The third-order valence-corrected chi connectivity index (χ3v) is 6.41. The van der Waals surface area contributed by atoms with Crippen molar-refractivity contribution in [3.05, 3.63) is 0 Å². The summed E-state index contributed by atoms with van der Waals surface area (Å²) in [6.45, 7) is 1.97. The lowest BCUT2D eigenvalue weighted by atomic mass is 9.86. The standard InChI is InChI=1S/C11H26N2O3Si/c1-4-17(14-2,15-3)16-11(12,13)10-8-6-5-7-9-10/h10H,4-9,12-13H2,1-3H3. The Morgan fingerprint density at radius 2 is 1.65 bits per heavy atom. The second kappa shape index (κ2) is 6.26. The third kappa shape index (κ3) is 3.74. The van der Waals surface area contributed by atoms with Crippen LogP contribution in [0.25, 0.3) is 0 Å². The van der Waals surface area contributed by atoms with Crippen molar-refractivity contribution in [3.8, 4) is 0 Å². The van der Waals surface area contributed by atoms with Gasteiger partial charge in [0.1, 0.15) is 0 Å². The fraction of sp³-hybridized carbons (Fsp3) is 1.00. The van der Waals surface area contributed by atoms with Gasteiger partial charge in [0, 0.05) is 26.2 Å². The van der Waals surface area contributed by atoms with E-state index in [9.17, 15) is 0 Å². The Labute approximate surface area is 105 Å². The van der Waals surface area contributed by atoms with Crippen molar-refractivity contribution in [2.45, 2.75) is 50.9 Å². The molecule has 1 saturated carbocycles. The number of nitrogens with two attached hydrogens (primary N) is 2. The van der Waals surface area contributed by atoms with Crippen LogP contribution in [0.4, 0.5) is 0 Å². The van der Waals surface area contributed by atoms with Gasteiger partial charge in [-0.15, -0.1) is 0 Å². The maximum absolute atomic E-state index is 6.13. The Morgan fingerprint density at radius 3 is 2.06 bits per heavy atom. The average Bonchev–Trinajstić information content (AvgIpc) is 2.37. The topological polar surface area (TPSA) is 79.7 Å². The van der Waals surface area contributed by atoms with E-state index in [2.05, 4.69) is 0 Å². The second-order valence-corrected chi connectivity index (χ2v) is 7.83. The van der Waals surface area contributed by atoms with Crippen LogP contribution in [0.5, 0.6) is 0 Å². The van der Waals surface area contributed by atoms with Crippen LogP contribution in [-0.2, 0) is 13.3 Å². The van der Waals surface area contributed by atoms with E-state index in [-0.39, 0.29) is 5.92 Å². The predicted octanol–water partition coefficient (Wildman–Crippen LogP) is 1.41. The van der Waals surface area contributed by atoms with Gasteiger partial charge in [-0.1, -0.05) is 26.2 Å². The summed E-state index contributed by atoms with van der Waals surface area (Å²) in [6, 6.07) is 0.670. The number of rotatable bonds is 6. The highest BCUT2D eigenvalue weighted by molar-refractivity contribution is 6.60. The van der Waals surface area contributed by atoms with Crippen LogP contribution >= 0.6 is 0 Å². The van der Waals surface area contributed by atoms with Crippen LogP contribution in [0.15, 0.2) is 0 Å². The van der Waals surface area contributed by atoms with E-state index >= 15 is 0 Å². The van der Waals surface area contributed by atoms with Gasteiger partial charge in [0.25, 0.3) is 0 Å². The number of hydrogen-bond donors (Lipinski definition) is 2. The highest BCUT2D eigenvalue weighted by atomic mass is 28.4. The molecule has 0 aromatic heterocycles. The summed E-state index contributed by atoms with van der Waals surface area (Å²) in [7, 11) is 0.500. The molecule has 5 nitrogen and oxygen atoms in total. The summed E-state index contributed by atoms with van der Waals surface area (Å²) in [5, 5.41) is 0. The Kier molecular flexibility index (Phi) is 5.55. The molecule has 1 fully saturated rings. The first-order chi connectivity index (χ1) is 7.99. The van der Waals surface area contributed by atoms with Crippen LogP contribution in [-0.4, -0.2) is 28.9 Å². The second-order valence-electron chi connectivity index (χ2n) is 4.74. The third-order valence-electron chi connectivity index (χ3n) is 3.63. The lowest BCUT2D eigenvalue weighted by Gasteiger charge is -2.41. The maximum Gasteiger partial charge on any atom is 0.502 e. The van der Waals surface area contributed by atoms with Crippen molar-refractivity contribution in [1.29, 1.82) is 0 Å². The lowest BCUT2D eigenvalue weighted by molar-refractivity contribution is -0.0577. The Bertz CT molecular complexity index is 220. The Morgan fingerprint density at radius 1 is 1.12 bits per heavy atom. The fourth-order valence-electron chi connectivity index (χ4n) is 2.43. The van der Waals surface area contributed by atoms with Gasteiger partial charge in [-0.25, -0.2) is 0 Å². The first-order valence-electron chi connectivity index (χ1n) is 6.38. The minimum atomic E-state index is -2.69. The molecule has 1 aliphatic carbocycles. The van der Waals surface area contributed by atoms with Crippen molar-refractivity contribution >= 4 is 8.80 Å². The smallest absolute Gasteiger partial charge is 0.377 e. The summed E-state index contributed by atoms with van der Waals surface area (Å²) in [6.07, 6.45) is 5.65. The fourth-order valence-corrected chi connectivity index (χ4v) is 4.19. The van der Waals surface area contributed by atoms with Gasteiger partial charge in [-0.3, -0.25) is 11.5 Å². The van der Waals surface area contributed by atoms with Gasteiger partial charge in [0.2, 0.25) is 0 Å². The molecular weight excluding hydrogens is 236 g/mol. The molecule has 0 radical (unpaired) electrons. The van der Waals surface area contributed by atoms with Gasteiger partial charge >= 0.3 is 8.80 Å². The van der Waals surface area contributed by atoms with E-state index < -0.39 is 14.7 Å². The molecule has 102 valence electrons. The Hall–Kier alpha value is 0.0169. The summed E-state index contributed by atoms with van der Waals surface area (Å²) in [5.41, 5.74) is 12.3. The van der Waals surface area contributed by atoms with E-state index in [1.165, 1.54) is 19.3 Å². The zero-order valence-corrected chi connectivity index (χ0v) is 12.2. The normalized spacial score (nSPS) is 19.6. The minimum Gasteiger partial charge on any atom is -0.377 e. The molecule has 0 amide bonds. The molecule has 0 aromatic carbocycles. The van der Waals surface area contributed by atoms with Crippen molar-refractivity contribution in [1.82, 2.24) is 0 Å². The van der Waals surface area contributed by atoms with Crippen molar-refractivity contribution in [3.63, 3.8) is 0 Å². The van der Waals surface area contributed by atoms with E-state index in [1.54, 1.807) is 14.2 Å². The maximum atomic E-state index is 6.13. The van der Waals surface area contributed by atoms with Crippen molar-refractivity contribution in [2.24, 2.45) is 17.4 Å². The van der Waals surface area contributed by atoms with Crippen LogP contribution in [0, 0.1) is 5.92 Å². The average molecular weight is 262 g/mol. The molecule has 0 atom stereocenters. The van der Waals surface area contributed by atoms with E-state index in [0.29, 0.717) is 6.04 Å². The van der Waals surface area contributed by atoms with Gasteiger partial charge < -0.3 is 13.3 Å². The molecule has 0 bridgehead atoms. The molecule has 0 spiro atoms. The summed E-state index contributed by atoms with van der Waals surface area (Å²) < 4.78 is 16.7. The SMILES string of the molecule is CC[Si](OC)(OC)OC(N)(N)C1CCCCC1. The minimum absolute atomic E-state index is 0.194. The molecule has 0 aliphatic heterocycles. The van der Waals surface area contributed by atoms with Gasteiger partial charge in [-0.05, 0) is 12.8 Å². The predicted molar refractivity (Wildman–Crippen MR) is 69.0 cm³/mol. The first-order valence-corrected chi connectivity index (χ1v) is 8.31. The van der Waals surface area contributed by atoms with Crippen LogP contribution in [0.2, 0.25) is 6.04 Å². The first kappa shape index (κ1) is 15.1. The van der Waals surface area contributed by atoms with Crippen LogP contribution in [0.1, 0.15) is 39.0 Å². The monoisotopic (exact) mass is 262 g/mol. The molecule has 0 aromatic rings. The largest absolute Gasteiger partial charge is 0.502 e. The lowest BCUT2D eigenvalue weighted by Crippen LogP contribution is -2.65. The highest BCUT2D eigenvalue weighted by Crippen LogP contribution is 2.32. The van der Waals surface area contributed by atoms with Gasteiger partial charge in [0.05, 0.1) is 0 Å². The van der Waals surface area contributed by atoms with Gasteiger partial charge in [0.15, 0.2) is 5.85 Å². The summed E-state index contributed by atoms with van der Waals surface area (Å²) in [4.78, 5) is 0. The zero-order valence-electron chi connectivity index (χ0n) is 11.2. The molecule has 6 heteroatoms. The molecule has 0 saturated heterocycles. The van der Waals surface area contributed by atoms with E-state index in [1.807, 2.05) is 6.92 Å². The van der Waals surface area contributed by atoms with E-state index in [0.717, 1.165) is 12.8 Å². The zero-order chi connectivity index (χ0) is 12.9. The molecule has 1 aliphatic rings. The van der Waals surface area contributed by atoms with E-state index in [4.69, 9.17) is 24.7 Å². The molecular formula is C11H26N2O3Si. The quantitative estimate of drug-likeness (QED) is 0.559. The molecule has 0 heterocycles. The summed E-state index contributed by atoms with van der Waals surface area (Å²) >= 11 is 0. The van der Waals surface area contributed by atoms with Gasteiger partial charge in [-0.2, -0.15) is 0 Å². The Balaban J connectivity index is 2.68. The molecule has 4 N–H and O–H groups in total. The van der Waals surface area contributed by atoms with Crippen molar-refractivity contribution in [2.75, 3.05) is 14.2 Å². The number of hydrogen-bond acceptors (Lipinski definition) is 5. The molecule has 1 rings (SSSR count). The van der Waals surface area contributed by atoms with Crippen LogP contribution < -0.4 is 11.5 Å². The van der Waals surface area contributed by atoms with Crippen LogP contribution in [0.3, 0.4) is 0 Å².